The first kappa shape index (κ1) is 17.0. The zero-order valence-corrected chi connectivity index (χ0v) is 15.1. The van der Waals surface area contributed by atoms with Gasteiger partial charge >= 0.3 is 0 Å². The summed E-state index contributed by atoms with van der Waals surface area (Å²) < 4.78 is 0. The summed E-state index contributed by atoms with van der Waals surface area (Å²) in [6, 6.07) is 0. The second-order valence-electron chi connectivity index (χ2n) is 6.93. The van der Waals surface area contributed by atoms with Gasteiger partial charge in [-0.1, -0.05) is 34.1 Å². The van der Waals surface area contributed by atoms with Gasteiger partial charge in [0.15, 0.2) is 0 Å². The molecule has 0 saturated heterocycles. The highest BCUT2D eigenvalue weighted by molar-refractivity contribution is 7.11. The maximum absolute atomic E-state index is 4.98. The van der Waals surface area contributed by atoms with Crippen molar-refractivity contribution in [1.29, 1.82) is 0 Å². The van der Waals surface area contributed by atoms with E-state index in [0.717, 1.165) is 31.3 Å². The summed E-state index contributed by atoms with van der Waals surface area (Å²) in [5.74, 6) is 2.42. The van der Waals surface area contributed by atoms with Crippen molar-refractivity contribution in [3.05, 3.63) is 15.6 Å². The molecule has 21 heavy (non-hydrogen) atoms. The van der Waals surface area contributed by atoms with Gasteiger partial charge in [-0.25, -0.2) is 4.98 Å². The third-order valence-corrected chi connectivity index (χ3v) is 6.00. The van der Waals surface area contributed by atoms with Crippen LogP contribution in [0.4, 0.5) is 0 Å². The Kier molecular flexibility index (Phi) is 6.69. The molecule has 2 nitrogen and oxygen atoms in total. The maximum Gasteiger partial charge on any atom is 0.0962 e. The topological polar surface area (TPSA) is 24.9 Å². The Morgan fingerprint density at radius 3 is 2.48 bits per heavy atom. The molecule has 120 valence electrons. The van der Waals surface area contributed by atoms with Crippen molar-refractivity contribution in [1.82, 2.24) is 10.3 Å². The first-order chi connectivity index (χ1) is 10.1. The molecular formula is C18H32N2S. The molecule has 2 rings (SSSR count). The third kappa shape index (κ3) is 4.79. The molecule has 0 aromatic carbocycles. The van der Waals surface area contributed by atoms with E-state index in [2.05, 4.69) is 33.0 Å². The van der Waals surface area contributed by atoms with E-state index in [-0.39, 0.29) is 0 Å². The lowest BCUT2D eigenvalue weighted by atomic mass is 9.81. The number of hydrogen-bond acceptors (Lipinski definition) is 3. The summed E-state index contributed by atoms with van der Waals surface area (Å²) in [4.78, 5) is 6.46. The molecule has 1 saturated carbocycles. The van der Waals surface area contributed by atoms with Gasteiger partial charge in [0.1, 0.15) is 0 Å². The van der Waals surface area contributed by atoms with Gasteiger partial charge in [-0.3, -0.25) is 0 Å². The quantitative estimate of drug-likeness (QED) is 0.755. The van der Waals surface area contributed by atoms with Gasteiger partial charge in [0.2, 0.25) is 0 Å². The maximum atomic E-state index is 4.98. The predicted molar refractivity (Wildman–Crippen MR) is 93.0 cm³/mol. The first-order valence-electron chi connectivity index (χ1n) is 8.83. The smallest absolute Gasteiger partial charge is 0.0962 e. The van der Waals surface area contributed by atoms with Gasteiger partial charge in [0.25, 0.3) is 0 Å². The molecule has 1 aliphatic carbocycles. The molecule has 1 N–H and O–H groups in total. The first-order valence-corrected chi connectivity index (χ1v) is 9.64. The van der Waals surface area contributed by atoms with E-state index in [1.165, 1.54) is 47.7 Å². The largest absolute Gasteiger partial charge is 0.312 e. The normalized spacial score (nSPS) is 22.9. The lowest BCUT2D eigenvalue weighted by molar-refractivity contribution is 0.318. The highest BCUT2D eigenvalue weighted by Gasteiger charge is 2.24. The molecule has 1 aromatic rings. The molecule has 0 bridgehead atoms. The molecule has 1 aromatic heterocycles. The lowest BCUT2D eigenvalue weighted by Gasteiger charge is -2.26. The Balaban J connectivity index is 1.96. The van der Waals surface area contributed by atoms with E-state index in [1.807, 2.05) is 11.3 Å². The number of aromatic nitrogens is 1. The Labute approximate surface area is 134 Å². The van der Waals surface area contributed by atoms with Crippen molar-refractivity contribution in [3.8, 4) is 0 Å². The van der Waals surface area contributed by atoms with Gasteiger partial charge in [-0.2, -0.15) is 0 Å². The van der Waals surface area contributed by atoms with Crippen LogP contribution >= 0.6 is 11.3 Å². The van der Waals surface area contributed by atoms with Crippen LogP contribution in [0.5, 0.6) is 0 Å². The van der Waals surface area contributed by atoms with Crippen molar-refractivity contribution in [2.45, 2.75) is 78.7 Å². The summed E-state index contributed by atoms with van der Waals surface area (Å²) >= 11 is 1.98. The Hall–Kier alpha value is -0.410. The van der Waals surface area contributed by atoms with Crippen molar-refractivity contribution in [2.75, 3.05) is 6.54 Å². The van der Waals surface area contributed by atoms with Crippen molar-refractivity contribution >= 4 is 11.3 Å². The average molecular weight is 309 g/mol. The number of thiazole rings is 1. The Bertz CT molecular complexity index is 417. The zero-order valence-electron chi connectivity index (χ0n) is 14.2. The van der Waals surface area contributed by atoms with Crippen LogP contribution in [0.15, 0.2) is 0 Å². The van der Waals surface area contributed by atoms with Crippen LogP contribution in [0.3, 0.4) is 0 Å². The summed E-state index contributed by atoms with van der Waals surface area (Å²) in [6.45, 7) is 11.2. The van der Waals surface area contributed by atoms with Crippen LogP contribution in [-0.2, 0) is 13.0 Å². The van der Waals surface area contributed by atoms with E-state index in [9.17, 15) is 0 Å². The third-order valence-electron chi connectivity index (χ3n) is 4.74. The van der Waals surface area contributed by atoms with Crippen molar-refractivity contribution < 1.29 is 0 Å². The van der Waals surface area contributed by atoms with E-state index in [4.69, 9.17) is 4.98 Å². The molecule has 1 heterocycles. The minimum Gasteiger partial charge on any atom is -0.312 e. The minimum absolute atomic E-state index is 0.715. The van der Waals surface area contributed by atoms with Crippen LogP contribution in [-0.4, -0.2) is 11.5 Å². The van der Waals surface area contributed by atoms with Crippen molar-refractivity contribution in [3.63, 3.8) is 0 Å². The average Bonchev–Trinajstić information content (AvgIpc) is 2.90. The molecule has 1 aliphatic rings. The summed E-state index contributed by atoms with van der Waals surface area (Å²) in [7, 11) is 0. The molecule has 0 radical (unpaired) electrons. The van der Waals surface area contributed by atoms with E-state index >= 15 is 0 Å². The minimum atomic E-state index is 0.715. The lowest BCUT2D eigenvalue weighted by Crippen LogP contribution is -2.18. The van der Waals surface area contributed by atoms with Crippen LogP contribution in [0.25, 0.3) is 0 Å². The molecular weight excluding hydrogens is 276 g/mol. The molecule has 0 spiro atoms. The number of rotatable bonds is 7. The summed E-state index contributed by atoms with van der Waals surface area (Å²) in [5.41, 5.74) is 1.34. The van der Waals surface area contributed by atoms with Gasteiger partial charge in [-0.05, 0) is 50.5 Å². The van der Waals surface area contributed by atoms with Gasteiger partial charge in [0, 0.05) is 17.3 Å². The molecule has 0 aliphatic heterocycles. The molecule has 1 fully saturated rings. The number of hydrogen-bond donors (Lipinski definition) is 1. The Morgan fingerprint density at radius 2 is 1.90 bits per heavy atom. The van der Waals surface area contributed by atoms with E-state index in [1.54, 1.807) is 0 Å². The van der Waals surface area contributed by atoms with Gasteiger partial charge in [0.05, 0.1) is 10.7 Å². The number of nitrogens with one attached hydrogen (secondary N) is 1. The van der Waals surface area contributed by atoms with Gasteiger partial charge in [-0.15, -0.1) is 11.3 Å². The highest BCUT2D eigenvalue weighted by Crippen LogP contribution is 2.39. The van der Waals surface area contributed by atoms with E-state index in [0.29, 0.717) is 5.92 Å². The molecule has 0 unspecified atom stereocenters. The second-order valence-corrected chi connectivity index (χ2v) is 8.04. The number of nitrogens with zero attached hydrogens (tertiary/aromatic N) is 1. The molecule has 0 amide bonds. The molecule has 0 atom stereocenters. The molecule has 3 heteroatoms. The fourth-order valence-electron chi connectivity index (χ4n) is 3.28. The summed E-state index contributed by atoms with van der Waals surface area (Å²) in [6.07, 6.45) is 7.95. The fourth-order valence-corrected chi connectivity index (χ4v) is 4.58. The second kappa shape index (κ2) is 8.28. The van der Waals surface area contributed by atoms with Crippen LogP contribution in [0.1, 0.15) is 81.3 Å². The fraction of sp³-hybridized carbons (Fsp3) is 0.833. The van der Waals surface area contributed by atoms with Crippen LogP contribution in [0, 0.1) is 11.8 Å². The van der Waals surface area contributed by atoms with Gasteiger partial charge < -0.3 is 5.32 Å². The highest BCUT2D eigenvalue weighted by atomic mass is 32.1. The van der Waals surface area contributed by atoms with Crippen LogP contribution < -0.4 is 5.32 Å². The monoisotopic (exact) mass is 308 g/mol. The SMILES string of the molecule is CCc1nc(C2CCC(CC)CC2)sc1CNCC(C)C. The summed E-state index contributed by atoms with van der Waals surface area (Å²) in [5, 5.41) is 5.00. The zero-order chi connectivity index (χ0) is 15.2. The van der Waals surface area contributed by atoms with Crippen LogP contribution in [0.2, 0.25) is 0 Å². The standard InChI is InChI=1S/C18H32N2S/c1-5-14-7-9-15(10-8-14)18-20-16(6-2)17(21-18)12-19-11-13(3)4/h13-15,19H,5-12H2,1-4H3. The van der Waals surface area contributed by atoms with E-state index < -0.39 is 0 Å². The van der Waals surface area contributed by atoms with Crippen molar-refractivity contribution in [2.24, 2.45) is 11.8 Å². The number of aryl methyl sites for hydroxylation is 1. The predicted octanol–water partition coefficient (Wildman–Crippen LogP) is 5.13. The Morgan fingerprint density at radius 1 is 1.19 bits per heavy atom.